The smallest absolute Gasteiger partial charge is 0.373 e. The third-order valence-corrected chi connectivity index (χ3v) is 11.4. The van der Waals surface area contributed by atoms with Crippen molar-refractivity contribution in [2.75, 3.05) is 19.8 Å². The van der Waals surface area contributed by atoms with Gasteiger partial charge in [0, 0.05) is 32.3 Å². The third-order valence-electron chi connectivity index (χ3n) is 7.54. The molecule has 1 aromatic heterocycles. The van der Waals surface area contributed by atoms with Crippen molar-refractivity contribution >= 4 is 30.4 Å². The Hall–Kier alpha value is -0.793. The molecule has 40 heavy (non-hydrogen) atoms. The molecule has 0 N–H and O–H groups in total. The first kappa shape index (κ1) is 35.4. The minimum absolute atomic E-state index is 0.756. The molecular weight excluding hydrogens is 531 g/mol. The van der Waals surface area contributed by atoms with Crippen molar-refractivity contribution < 1.29 is 13.3 Å². The Morgan fingerprint density at radius 1 is 0.625 bits per heavy atom. The van der Waals surface area contributed by atoms with E-state index in [1.54, 1.807) is 11.3 Å². The van der Waals surface area contributed by atoms with Crippen molar-refractivity contribution in [1.82, 2.24) is 4.98 Å². The van der Waals surface area contributed by atoms with Crippen LogP contribution in [0.5, 0.6) is 0 Å². The lowest BCUT2D eigenvalue weighted by Gasteiger charge is -2.30. The van der Waals surface area contributed by atoms with Crippen molar-refractivity contribution in [3.63, 3.8) is 0 Å². The van der Waals surface area contributed by atoms with Crippen LogP contribution in [-0.4, -0.2) is 33.6 Å². The van der Waals surface area contributed by atoms with Crippen molar-refractivity contribution in [3.8, 4) is 0 Å². The number of rotatable bonds is 28. The van der Waals surface area contributed by atoms with Crippen LogP contribution in [-0.2, 0) is 13.3 Å². The van der Waals surface area contributed by atoms with Gasteiger partial charge >= 0.3 is 8.80 Å². The van der Waals surface area contributed by atoms with E-state index in [1.807, 2.05) is 0 Å². The summed E-state index contributed by atoms with van der Waals surface area (Å²) in [6, 6.07) is 9.24. The summed E-state index contributed by atoms with van der Waals surface area (Å²) in [6.45, 7) is 9.09. The topological polar surface area (TPSA) is 40.6 Å². The molecular formula is C34H60NO3SSi. The average molecular weight is 591 g/mol. The molecule has 2 aromatic rings. The Bertz CT molecular complexity index is 767. The Morgan fingerprint density at radius 2 is 1.07 bits per heavy atom. The van der Waals surface area contributed by atoms with Crippen LogP contribution in [0.3, 0.4) is 0 Å². The summed E-state index contributed by atoms with van der Waals surface area (Å²) < 4.78 is 21.3. The van der Waals surface area contributed by atoms with Crippen molar-refractivity contribution in [1.29, 1.82) is 0 Å². The van der Waals surface area contributed by atoms with Crippen LogP contribution in [0, 0.1) is 6.42 Å². The molecule has 0 atom stereocenters. The highest BCUT2D eigenvalue weighted by Gasteiger charge is 2.40. The second-order valence-electron chi connectivity index (χ2n) is 11.3. The minimum atomic E-state index is -2.77. The lowest BCUT2D eigenvalue weighted by molar-refractivity contribution is 0.0552. The highest BCUT2D eigenvalue weighted by Crippen LogP contribution is 2.27. The molecule has 6 heteroatoms. The quantitative estimate of drug-likeness (QED) is 0.0730. The number of para-hydroxylation sites is 1. The molecule has 1 aromatic carbocycles. The molecule has 0 amide bonds. The Morgan fingerprint density at radius 3 is 1.55 bits per heavy atom. The Balaban J connectivity index is 1.95. The second kappa shape index (κ2) is 23.7. The second-order valence-corrected chi connectivity index (χ2v) is 15.1. The summed E-state index contributed by atoms with van der Waals surface area (Å²) in [5, 5.41) is 1.09. The first-order valence-electron chi connectivity index (χ1n) is 16.8. The van der Waals surface area contributed by atoms with Gasteiger partial charge in [-0.05, 0) is 37.8 Å². The summed E-state index contributed by atoms with van der Waals surface area (Å²) in [6.07, 6.45) is 25.9. The number of thiazole rings is 1. The maximum atomic E-state index is 6.68. The molecule has 0 spiro atoms. The molecule has 4 nitrogen and oxygen atoms in total. The lowest BCUT2D eigenvalue weighted by Crippen LogP contribution is -2.46. The fraction of sp³-hybridized carbons (Fsp3) is 0.765. The van der Waals surface area contributed by atoms with Gasteiger partial charge in [-0.3, -0.25) is 0 Å². The first-order chi connectivity index (χ1) is 19.7. The zero-order chi connectivity index (χ0) is 28.6. The zero-order valence-electron chi connectivity index (χ0n) is 26.2. The van der Waals surface area contributed by atoms with Gasteiger partial charge < -0.3 is 13.3 Å². The van der Waals surface area contributed by atoms with Crippen LogP contribution in [0.4, 0.5) is 0 Å². The molecule has 0 saturated carbocycles. The van der Waals surface area contributed by atoms with Crippen LogP contribution in [0.1, 0.15) is 148 Å². The molecule has 2 rings (SSSR count). The number of hydrogen-bond donors (Lipinski definition) is 0. The van der Waals surface area contributed by atoms with Gasteiger partial charge in [-0.25, -0.2) is 4.98 Å². The number of hydrogen-bond acceptors (Lipinski definition) is 5. The normalized spacial score (nSPS) is 12.1. The predicted octanol–water partition coefficient (Wildman–Crippen LogP) is 11.3. The maximum absolute atomic E-state index is 6.68. The van der Waals surface area contributed by atoms with E-state index in [2.05, 4.69) is 51.5 Å². The third kappa shape index (κ3) is 16.0. The summed E-state index contributed by atoms with van der Waals surface area (Å²) in [7, 11) is -2.77. The zero-order valence-corrected chi connectivity index (χ0v) is 28.0. The van der Waals surface area contributed by atoms with Gasteiger partial charge in [0.2, 0.25) is 0 Å². The van der Waals surface area contributed by atoms with Crippen LogP contribution in [0.25, 0.3) is 10.2 Å². The summed E-state index contributed by atoms with van der Waals surface area (Å²) in [5.74, 6) is 0. The molecule has 0 fully saturated rings. The number of unbranched alkanes of at least 4 members (excludes halogenated alkanes) is 15. The van der Waals surface area contributed by atoms with E-state index in [0.29, 0.717) is 0 Å². The van der Waals surface area contributed by atoms with E-state index in [1.165, 1.54) is 101 Å². The molecule has 0 aliphatic rings. The summed E-state index contributed by atoms with van der Waals surface area (Å²) in [4.78, 5) is 4.82. The van der Waals surface area contributed by atoms with Gasteiger partial charge in [0.1, 0.15) is 0 Å². The first-order valence-corrected chi connectivity index (χ1v) is 19.6. The van der Waals surface area contributed by atoms with Crippen molar-refractivity contribution in [3.05, 3.63) is 35.7 Å². The van der Waals surface area contributed by atoms with E-state index >= 15 is 0 Å². The van der Waals surface area contributed by atoms with Gasteiger partial charge in [0.15, 0.2) is 0 Å². The molecule has 1 heterocycles. The van der Waals surface area contributed by atoms with E-state index in [4.69, 9.17) is 18.3 Å². The lowest BCUT2D eigenvalue weighted by atomic mass is 10.1. The molecule has 229 valence electrons. The molecule has 0 unspecified atom stereocenters. The van der Waals surface area contributed by atoms with Crippen LogP contribution in [0.2, 0.25) is 6.04 Å². The van der Waals surface area contributed by atoms with E-state index in [0.717, 1.165) is 62.1 Å². The average Bonchev–Trinajstić information content (AvgIpc) is 3.38. The Labute approximate surface area is 252 Å². The van der Waals surface area contributed by atoms with Gasteiger partial charge in [0.05, 0.1) is 15.2 Å². The monoisotopic (exact) mass is 590 g/mol. The van der Waals surface area contributed by atoms with E-state index in [9.17, 15) is 0 Å². The van der Waals surface area contributed by atoms with Gasteiger partial charge in [-0.1, -0.05) is 129 Å². The Kier molecular flexibility index (Phi) is 21.0. The highest BCUT2D eigenvalue weighted by molar-refractivity contribution is 7.18. The molecule has 1 radical (unpaired) electrons. The molecule has 0 bridgehead atoms. The van der Waals surface area contributed by atoms with Gasteiger partial charge in [0.25, 0.3) is 0 Å². The predicted molar refractivity (Wildman–Crippen MR) is 176 cm³/mol. The van der Waals surface area contributed by atoms with E-state index < -0.39 is 8.80 Å². The summed E-state index contributed by atoms with van der Waals surface area (Å²) in [5.41, 5.74) is 1.08. The maximum Gasteiger partial charge on any atom is 0.500 e. The molecule has 0 aliphatic carbocycles. The van der Waals surface area contributed by atoms with Crippen LogP contribution >= 0.6 is 11.3 Å². The van der Waals surface area contributed by atoms with Crippen molar-refractivity contribution in [2.45, 2.75) is 149 Å². The SMILES string of the molecule is CCCCCCCCO[Si](CC[CH]c1nc2ccccc2s1)(OCCCCCCCC)OCCCCCCCC. The van der Waals surface area contributed by atoms with Gasteiger partial charge in [-0.2, -0.15) is 0 Å². The molecule has 0 aliphatic heterocycles. The minimum Gasteiger partial charge on any atom is -0.373 e. The largest absolute Gasteiger partial charge is 0.500 e. The van der Waals surface area contributed by atoms with Crippen LogP contribution < -0.4 is 0 Å². The number of benzene rings is 1. The number of fused-ring (bicyclic) bond motifs is 1. The van der Waals surface area contributed by atoms with Crippen molar-refractivity contribution in [2.24, 2.45) is 0 Å². The number of aromatic nitrogens is 1. The van der Waals surface area contributed by atoms with Crippen LogP contribution in [0.15, 0.2) is 24.3 Å². The number of nitrogens with zero attached hydrogens (tertiary/aromatic N) is 1. The fourth-order valence-electron chi connectivity index (χ4n) is 5.02. The molecule has 0 saturated heterocycles. The van der Waals surface area contributed by atoms with Gasteiger partial charge in [-0.15, -0.1) is 11.3 Å². The standard InChI is InChI=1S/C34H60NO3SSi/c1-4-7-10-13-16-21-28-36-40(37-29-22-17-14-11-8-5-2,38-30-23-18-15-12-9-6-3)31-24-27-34-35-32-25-19-20-26-33(32)39-34/h19-20,25-27H,4-18,21-24,28-31H2,1-3H3. The van der Waals surface area contributed by atoms with E-state index in [-0.39, 0.29) is 0 Å². The summed E-state index contributed by atoms with van der Waals surface area (Å²) >= 11 is 1.77. The highest BCUT2D eigenvalue weighted by atomic mass is 32.1. The fourth-order valence-corrected chi connectivity index (χ4v) is 8.50.